The first-order valence-corrected chi connectivity index (χ1v) is 6.65. The number of fused-ring (bicyclic) bond motifs is 1. The second-order valence-electron chi connectivity index (χ2n) is 4.67. The SMILES string of the molecule is COc1cc(N=Nc2ccc(F)cc2)c(O)c2ccccc12. The second kappa shape index (κ2) is 5.81. The van der Waals surface area contributed by atoms with Gasteiger partial charge in [0.1, 0.15) is 17.3 Å². The summed E-state index contributed by atoms with van der Waals surface area (Å²) in [5.41, 5.74) is 0.785. The zero-order valence-corrected chi connectivity index (χ0v) is 11.8. The largest absolute Gasteiger partial charge is 0.505 e. The Morgan fingerprint density at radius 3 is 2.32 bits per heavy atom. The molecule has 0 saturated heterocycles. The van der Waals surface area contributed by atoms with Crippen LogP contribution in [0.4, 0.5) is 15.8 Å². The minimum absolute atomic E-state index is 0.0299. The van der Waals surface area contributed by atoms with Crippen molar-refractivity contribution >= 4 is 22.1 Å². The lowest BCUT2D eigenvalue weighted by Crippen LogP contribution is -1.85. The molecule has 0 amide bonds. The number of phenolic OH excluding ortho intramolecular Hbond substituents is 1. The molecule has 1 N–H and O–H groups in total. The number of azo groups is 1. The van der Waals surface area contributed by atoms with Gasteiger partial charge in [-0.3, -0.25) is 0 Å². The molecule has 3 rings (SSSR count). The summed E-state index contributed by atoms with van der Waals surface area (Å²) in [6.45, 7) is 0. The lowest BCUT2D eigenvalue weighted by Gasteiger charge is -2.09. The van der Waals surface area contributed by atoms with Crippen LogP contribution in [0.3, 0.4) is 0 Å². The molecule has 0 bridgehead atoms. The molecule has 0 unspecified atom stereocenters. The first-order chi connectivity index (χ1) is 10.7. The molecule has 0 fully saturated rings. The fourth-order valence-electron chi connectivity index (χ4n) is 2.18. The van der Waals surface area contributed by atoms with Crippen LogP contribution in [0.5, 0.6) is 11.5 Å². The molecule has 22 heavy (non-hydrogen) atoms. The van der Waals surface area contributed by atoms with Gasteiger partial charge >= 0.3 is 0 Å². The van der Waals surface area contributed by atoms with Gasteiger partial charge in [-0.2, -0.15) is 5.11 Å². The van der Waals surface area contributed by atoms with E-state index in [-0.39, 0.29) is 11.6 Å². The summed E-state index contributed by atoms with van der Waals surface area (Å²) in [5.74, 6) is 0.290. The lowest BCUT2D eigenvalue weighted by atomic mass is 10.1. The molecule has 0 aliphatic rings. The average Bonchev–Trinajstić information content (AvgIpc) is 2.56. The molecule has 0 saturated carbocycles. The van der Waals surface area contributed by atoms with E-state index in [0.29, 0.717) is 22.5 Å². The Morgan fingerprint density at radius 1 is 0.955 bits per heavy atom. The molecular formula is C17H13FN2O2. The topological polar surface area (TPSA) is 54.2 Å². The summed E-state index contributed by atoms with van der Waals surface area (Å²) in [5, 5.41) is 19.8. The normalized spacial score (nSPS) is 11.2. The highest BCUT2D eigenvalue weighted by atomic mass is 19.1. The van der Waals surface area contributed by atoms with Gasteiger partial charge in [-0.1, -0.05) is 24.3 Å². The van der Waals surface area contributed by atoms with E-state index in [1.54, 1.807) is 19.2 Å². The van der Waals surface area contributed by atoms with Gasteiger partial charge < -0.3 is 9.84 Å². The summed E-state index contributed by atoms with van der Waals surface area (Å²) in [7, 11) is 1.56. The first-order valence-electron chi connectivity index (χ1n) is 6.65. The number of hydrogen-bond donors (Lipinski definition) is 1. The molecule has 5 heteroatoms. The van der Waals surface area contributed by atoms with Gasteiger partial charge in [0.25, 0.3) is 0 Å². The fraction of sp³-hybridized carbons (Fsp3) is 0.0588. The predicted molar refractivity (Wildman–Crippen MR) is 82.7 cm³/mol. The van der Waals surface area contributed by atoms with E-state index in [0.717, 1.165) is 5.39 Å². The van der Waals surface area contributed by atoms with E-state index >= 15 is 0 Å². The van der Waals surface area contributed by atoms with Crippen molar-refractivity contribution in [1.29, 1.82) is 0 Å². The van der Waals surface area contributed by atoms with Gasteiger partial charge in [0.05, 0.1) is 12.8 Å². The molecule has 0 aliphatic carbocycles. The second-order valence-corrected chi connectivity index (χ2v) is 4.67. The van der Waals surface area contributed by atoms with Gasteiger partial charge in [-0.05, 0) is 24.3 Å². The van der Waals surface area contributed by atoms with Crippen LogP contribution < -0.4 is 4.74 Å². The number of aromatic hydroxyl groups is 1. The maximum Gasteiger partial charge on any atom is 0.151 e. The summed E-state index contributed by atoms with van der Waals surface area (Å²) >= 11 is 0. The van der Waals surface area contributed by atoms with Crippen LogP contribution in [0, 0.1) is 5.82 Å². The Hall–Kier alpha value is -2.95. The van der Waals surface area contributed by atoms with Crippen molar-refractivity contribution in [2.45, 2.75) is 0 Å². The smallest absolute Gasteiger partial charge is 0.151 e. The monoisotopic (exact) mass is 296 g/mol. The molecule has 3 aromatic rings. The summed E-state index contributed by atoms with van der Waals surface area (Å²) in [6, 6.07) is 14.6. The van der Waals surface area contributed by atoms with E-state index < -0.39 is 0 Å². The molecule has 3 aromatic carbocycles. The molecule has 0 aromatic heterocycles. The van der Waals surface area contributed by atoms with Crippen LogP contribution in [0.25, 0.3) is 10.8 Å². The zero-order chi connectivity index (χ0) is 15.5. The van der Waals surface area contributed by atoms with Crippen molar-refractivity contribution < 1.29 is 14.2 Å². The summed E-state index contributed by atoms with van der Waals surface area (Å²) < 4.78 is 18.2. The van der Waals surface area contributed by atoms with Crippen molar-refractivity contribution in [3.63, 3.8) is 0 Å². The Kier molecular flexibility index (Phi) is 3.70. The number of halogens is 1. The van der Waals surface area contributed by atoms with Crippen LogP contribution in [0.2, 0.25) is 0 Å². The average molecular weight is 296 g/mol. The number of ether oxygens (including phenoxy) is 1. The van der Waals surface area contributed by atoms with E-state index in [2.05, 4.69) is 10.2 Å². The van der Waals surface area contributed by atoms with Crippen LogP contribution in [-0.4, -0.2) is 12.2 Å². The standard InChI is InChI=1S/C17H13FN2O2/c1-22-16-10-15(17(21)14-5-3-2-4-13(14)16)20-19-12-8-6-11(18)7-9-12/h2-10,21H,1H3. The molecule has 0 spiro atoms. The van der Waals surface area contributed by atoms with Crippen LogP contribution in [0.15, 0.2) is 64.8 Å². The van der Waals surface area contributed by atoms with Gasteiger partial charge in [0.2, 0.25) is 0 Å². The van der Waals surface area contributed by atoms with Crippen molar-refractivity contribution in [3.05, 3.63) is 60.4 Å². The van der Waals surface area contributed by atoms with Crippen molar-refractivity contribution in [3.8, 4) is 11.5 Å². The first kappa shape index (κ1) is 14.0. The van der Waals surface area contributed by atoms with Crippen molar-refractivity contribution in [2.24, 2.45) is 10.2 Å². The number of phenols is 1. The Morgan fingerprint density at radius 2 is 1.64 bits per heavy atom. The zero-order valence-electron chi connectivity index (χ0n) is 11.8. The van der Waals surface area contributed by atoms with E-state index in [4.69, 9.17) is 4.74 Å². The van der Waals surface area contributed by atoms with Crippen LogP contribution >= 0.6 is 0 Å². The van der Waals surface area contributed by atoms with Gasteiger partial charge in [-0.15, -0.1) is 5.11 Å². The molecule has 110 valence electrons. The Balaban J connectivity index is 2.07. The number of benzene rings is 3. The maximum atomic E-state index is 12.9. The number of nitrogens with zero attached hydrogens (tertiary/aromatic N) is 2. The molecule has 0 atom stereocenters. The maximum absolute atomic E-state index is 12.9. The Labute approximate surface area is 126 Å². The van der Waals surface area contributed by atoms with E-state index in [1.807, 2.05) is 18.2 Å². The van der Waals surface area contributed by atoms with Crippen LogP contribution in [0.1, 0.15) is 0 Å². The third kappa shape index (κ3) is 2.61. The predicted octanol–water partition coefficient (Wildman–Crippen LogP) is 5.11. The highest BCUT2D eigenvalue weighted by molar-refractivity contribution is 5.97. The fourth-order valence-corrected chi connectivity index (χ4v) is 2.18. The highest BCUT2D eigenvalue weighted by Crippen LogP contribution is 2.41. The van der Waals surface area contributed by atoms with E-state index in [9.17, 15) is 9.50 Å². The third-order valence-corrected chi connectivity index (χ3v) is 3.28. The minimum atomic E-state index is -0.339. The molecule has 0 radical (unpaired) electrons. The van der Waals surface area contributed by atoms with Crippen molar-refractivity contribution in [2.75, 3.05) is 7.11 Å². The summed E-state index contributed by atoms with van der Waals surface area (Å²) in [6.07, 6.45) is 0. The van der Waals surface area contributed by atoms with Gasteiger partial charge in [0, 0.05) is 16.8 Å². The molecule has 4 nitrogen and oxygen atoms in total. The highest BCUT2D eigenvalue weighted by Gasteiger charge is 2.11. The van der Waals surface area contributed by atoms with Crippen LogP contribution in [-0.2, 0) is 0 Å². The number of hydrogen-bond acceptors (Lipinski definition) is 4. The number of methoxy groups -OCH3 is 1. The van der Waals surface area contributed by atoms with Crippen molar-refractivity contribution in [1.82, 2.24) is 0 Å². The quantitative estimate of drug-likeness (QED) is 0.683. The molecule has 0 aliphatic heterocycles. The third-order valence-electron chi connectivity index (χ3n) is 3.28. The number of rotatable bonds is 3. The minimum Gasteiger partial charge on any atom is -0.505 e. The van der Waals surface area contributed by atoms with Gasteiger partial charge in [0.15, 0.2) is 5.75 Å². The molecule has 0 heterocycles. The Bertz CT molecular complexity index is 845. The lowest BCUT2D eigenvalue weighted by molar-refractivity contribution is 0.418. The molecular weight excluding hydrogens is 283 g/mol. The van der Waals surface area contributed by atoms with Gasteiger partial charge in [-0.25, -0.2) is 4.39 Å². The van der Waals surface area contributed by atoms with E-state index in [1.165, 1.54) is 24.3 Å². The summed E-state index contributed by atoms with van der Waals surface area (Å²) in [4.78, 5) is 0.